The predicted molar refractivity (Wildman–Crippen MR) is 69.9 cm³/mol. The highest BCUT2D eigenvalue weighted by Gasteiger charge is 2.15. The van der Waals surface area contributed by atoms with Crippen LogP contribution in [-0.2, 0) is 16.1 Å². The van der Waals surface area contributed by atoms with E-state index in [9.17, 15) is 9.59 Å². The van der Waals surface area contributed by atoms with Gasteiger partial charge < -0.3 is 16.8 Å². The summed E-state index contributed by atoms with van der Waals surface area (Å²) in [4.78, 5) is 23.1. The molecule has 5 N–H and O–H groups in total. The normalized spacial score (nSPS) is 11.4. The molecule has 0 fully saturated rings. The molecule has 1 atom stereocenters. The van der Waals surface area contributed by atoms with Gasteiger partial charge in [0.2, 0.25) is 11.8 Å². The number of hydrogen-bond donors (Lipinski definition) is 3. The summed E-state index contributed by atoms with van der Waals surface area (Å²) in [6.07, 6.45) is -0.130. The lowest BCUT2D eigenvalue weighted by Crippen LogP contribution is -2.42. The van der Waals surface area contributed by atoms with Crippen LogP contribution >= 0.6 is 23.7 Å². The number of aryl methyl sites for hydroxylation is 1. The van der Waals surface area contributed by atoms with Crippen molar-refractivity contribution >= 4 is 35.6 Å². The second kappa shape index (κ2) is 7.26. The highest BCUT2D eigenvalue weighted by atomic mass is 35.5. The maximum Gasteiger partial charge on any atom is 0.237 e. The third-order valence-electron chi connectivity index (χ3n) is 2.15. The number of hydrogen-bond acceptors (Lipinski definition) is 4. The minimum Gasteiger partial charge on any atom is -0.370 e. The summed E-state index contributed by atoms with van der Waals surface area (Å²) >= 11 is 1.57. The molecule has 0 radical (unpaired) electrons. The maximum absolute atomic E-state index is 11.4. The molecule has 0 aromatic carbocycles. The fourth-order valence-electron chi connectivity index (χ4n) is 1.19. The lowest BCUT2D eigenvalue weighted by atomic mass is 10.2. The highest BCUT2D eigenvalue weighted by molar-refractivity contribution is 7.10. The molecule has 96 valence electrons. The molecule has 0 aliphatic heterocycles. The summed E-state index contributed by atoms with van der Waals surface area (Å²) in [5.74, 6) is -0.929. The van der Waals surface area contributed by atoms with Crippen molar-refractivity contribution in [2.75, 3.05) is 0 Å². The zero-order chi connectivity index (χ0) is 12.1. The Balaban J connectivity index is 0.00000256. The summed E-state index contributed by atoms with van der Waals surface area (Å²) in [5, 5.41) is 4.63. The van der Waals surface area contributed by atoms with Crippen LogP contribution in [0.2, 0.25) is 0 Å². The average Bonchev–Trinajstić information content (AvgIpc) is 2.59. The molecule has 5 nitrogen and oxygen atoms in total. The molecule has 0 aliphatic rings. The Morgan fingerprint density at radius 2 is 2.18 bits per heavy atom. The van der Waals surface area contributed by atoms with E-state index < -0.39 is 11.9 Å². The van der Waals surface area contributed by atoms with Gasteiger partial charge in [-0.3, -0.25) is 9.59 Å². The molecule has 7 heteroatoms. The summed E-state index contributed by atoms with van der Waals surface area (Å²) in [6, 6.07) is 1.12. The minimum atomic E-state index is -0.863. The van der Waals surface area contributed by atoms with Crippen LogP contribution in [0.25, 0.3) is 0 Å². The number of amides is 2. The summed E-state index contributed by atoms with van der Waals surface area (Å²) < 4.78 is 0. The quantitative estimate of drug-likeness (QED) is 0.722. The van der Waals surface area contributed by atoms with Crippen LogP contribution in [-0.4, -0.2) is 17.9 Å². The number of nitrogens with two attached hydrogens (primary N) is 2. The number of thiophene rings is 1. The van der Waals surface area contributed by atoms with Gasteiger partial charge in [0, 0.05) is 4.88 Å². The van der Waals surface area contributed by atoms with Crippen LogP contribution in [0.15, 0.2) is 11.4 Å². The molecule has 17 heavy (non-hydrogen) atoms. The van der Waals surface area contributed by atoms with Gasteiger partial charge in [-0.1, -0.05) is 0 Å². The first-order chi connectivity index (χ1) is 7.50. The van der Waals surface area contributed by atoms with Crippen LogP contribution < -0.4 is 16.8 Å². The Bertz CT molecular complexity index is 395. The topological polar surface area (TPSA) is 98.2 Å². The van der Waals surface area contributed by atoms with E-state index >= 15 is 0 Å². The molecule has 0 saturated heterocycles. The van der Waals surface area contributed by atoms with Crippen molar-refractivity contribution in [1.82, 2.24) is 5.32 Å². The molecule has 0 saturated carbocycles. The van der Waals surface area contributed by atoms with Crippen molar-refractivity contribution in [2.24, 2.45) is 11.5 Å². The maximum atomic E-state index is 11.4. The monoisotopic (exact) mass is 277 g/mol. The molecule has 1 aromatic rings. The first kappa shape index (κ1) is 15.9. The number of carbonyl (C=O) groups excluding carboxylic acids is 2. The SMILES string of the molecule is Cc1ccsc1CNC(=O)C(N)CC(N)=O.Cl. The molecule has 1 rings (SSSR count). The van der Waals surface area contributed by atoms with Gasteiger partial charge in [-0.05, 0) is 23.9 Å². The van der Waals surface area contributed by atoms with E-state index in [0.29, 0.717) is 6.54 Å². The van der Waals surface area contributed by atoms with E-state index in [2.05, 4.69) is 5.32 Å². The number of carbonyl (C=O) groups is 2. The number of halogens is 1. The molecule has 0 spiro atoms. The molecule has 0 aliphatic carbocycles. The van der Waals surface area contributed by atoms with Gasteiger partial charge in [-0.2, -0.15) is 0 Å². The fourth-order valence-corrected chi connectivity index (χ4v) is 2.04. The summed E-state index contributed by atoms with van der Waals surface area (Å²) in [6.45, 7) is 2.41. The molecule has 2 amide bonds. The van der Waals surface area contributed by atoms with Gasteiger partial charge in [-0.15, -0.1) is 23.7 Å². The van der Waals surface area contributed by atoms with Crippen LogP contribution in [0.3, 0.4) is 0 Å². The van der Waals surface area contributed by atoms with Gasteiger partial charge >= 0.3 is 0 Å². The third kappa shape index (κ3) is 5.16. The van der Waals surface area contributed by atoms with Gasteiger partial charge in [0.05, 0.1) is 19.0 Å². The van der Waals surface area contributed by atoms with Crippen LogP contribution in [0, 0.1) is 6.92 Å². The molecule has 0 bridgehead atoms. The van der Waals surface area contributed by atoms with Crippen molar-refractivity contribution in [1.29, 1.82) is 0 Å². The summed E-state index contributed by atoms with van der Waals surface area (Å²) in [5.41, 5.74) is 11.6. The molecule has 1 unspecified atom stereocenters. The molecule has 1 aromatic heterocycles. The van der Waals surface area contributed by atoms with Crippen molar-refractivity contribution in [3.05, 3.63) is 21.9 Å². The average molecular weight is 278 g/mol. The Hall–Kier alpha value is -1.11. The fraction of sp³-hybridized carbons (Fsp3) is 0.400. The Kier molecular flexibility index (Phi) is 6.79. The molecular weight excluding hydrogens is 262 g/mol. The lowest BCUT2D eigenvalue weighted by Gasteiger charge is -2.10. The first-order valence-electron chi connectivity index (χ1n) is 4.85. The van der Waals surface area contributed by atoms with Crippen molar-refractivity contribution in [2.45, 2.75) is 25.9 Å². The second-order valence-corrected chi connectivity index (χ2v) is 4.52. The van der Waals surface area contributed by atoms with Crippen molar-refractivity contribution in [3.8, 4) is 0 Å². The lowest BCUT2D eigenvalue weighted by molar-refractivity contribution is -0.126. The van der Waals surface area contributed by atoms with E-state index in [0.717, 1.165) is 10.4 Å². The van der Waals surface area contributed by atoms with Gasteiger partial charge in [0.15, 0.2) is 0 Å². The zero-order valence-corrected chi connectivity index (χ0v) is 11.1. The predicted octanol–water partition coefficient (Wildman–Crippen LogP) is 0.297. The standard InChI is InChI=1S/C10H15N3O2S.ClH/c1-6-2-3-16-8(6)5-13-10(15)7(11)4-9(12)14;/h2-3,7H,4-5,11H2,1H3,(H2,12,14)(H,13,15);1H. The van der Waals surface area contributed by atoms with Gasteiger partial charge in [0.25, 0.3) is 0 Å². The van der Waals surface area contributed by atoms with E-state index in [1.54, 1.807) is 11.3 Å². The van der Waals surface area contributed by atoms with E-state index in [-0.39, 0.29) is 24.7 Å². The summed E-state index contributed by atoms with van der Waals surface area (Å²) in [7, 11) is 0. The Morgan fingerprint density at radius 1 is 1.53 bits per heavy atom. The van der Waals surface area contributed by atoms with E-state index in [1.165, 1.54) is 0 Å². The number of nitrogens with one attached hydrogen (secondary N) is 1. The Morgan fingerprint density at radius 3 is 2.65 bits per heavy atom. The van der Waals surface area contributed by atoms with Gasteiger partial charge in [0.1, 0.15) is 0 Å². The first-order valence-corrected chi connectivity index (χ1v) is 5.73. The Labute approximate surface area is 110 Å². The van der Waals surface area contributed by atoms with Crippen molar-refractivity contribution < 1.29 is 9.59 Å². The second-order valence-electron chi connectivity index (χ2n) is 3.52. The molecular formula is C10H16ClN3O2S. The molecule has 1 heterocycles. The van der Waals surface area contributed by atoms with E-state index in [1.807, 2.05) is 18.4 Å². The minimum absolute atomic E-state index is 0. The smallest absolute Gasteiger partial charge is 0.237 e. The van der Waals surface area contributed by atoms with Crippen LogP contribution in [0.4, 0.5) is 0 Å². The van der Waals surface area contributed by atoms with E-state index in [4.69, 9.17) is 11.5 Å². The largest absolute Gasteiger partial charge is 0.370 e. The third-order valence-corrected chi connectivity index (χ3v) is 3.17. The van der Waals surface area contributed by atoms with Crippen molar-refractivity contribution in [3.63, 3.8) is 0 Å². The number of primary amides is 1. The number of rotatable bonds is 5. The van der Waals surface area contributed by atoms with Crippen LogP contribution in [0.5, 0.6) is 0 Å². The highest BCUT2D eigenvalue weighted by Crippen LogP contribution is 2.14. The zero-order valence-electron chi connectivity index (χ0n) is 9.43. The van der Waals surface area contributed by atoms with Crippen LogP contribution in [0.1, 0.15) is 16.9 Å². The van der Waals surface area contributed by atoms with Gasteiger partial charge in [-0.25, -0.2) is 0 Å².